The Hall–Kier alpha value is -3.36. The zero-order valence-electron chi connectivity index (χ0n) is 19.6. The van der Waals surface area contributed by atoms with E-state index in [1.165, 1.54) is 25.7 Å². The van der Waals surface area contributed by atoms with Gasteiger partial charge in [0.25, 0.3) is 5.91 Å². The van der Waals surface area contributed by atoms with Gasteiger partial charge in [0, 0.05) is 45.0 Å². The van der Waals surface area contributed by atoms with E-state index >= 15 is 0 Å². The van der Waals surface area contributed by atoms with Gasteiger partial charge in [-0.2, -0.15) is 0 Å². The molecule has 0 unspecified atom stereocenters. The number of nitrogens with one attached hydrogen (secondary N) is 1. The Morgan fingerprint density at radius 2 is 1.74 bits per heavy atom. The Kier molecular flexibility index (Phi) is 6.90. The number of carbonyl (C=O) groups excluding carboxylic acids is 1. The molecule has 1 N–H and O–H groups in total. The summed E-state index contributed by atoms with van der Waals surface area (Å²) in [4.78, 5) is 15.3. The second kappa shape index (κ2) is 9.87. The fourth-order valence-corrected chi connectivity index (χ4v) is 4.96. The van der Waals surface area contributed by atoms with Crippen molar-refractivity contribution in [1.82, 2.24) is 9.21 Å². The number of carbonyl (C=O) groups is 1. The largest absolute Gasteiger partial charge is 0.497 e. The number of methoxy groups -OCH3 is 1. The van der Waals surface area contributed by atoms with Crippen molar-refractivity contribution in [1.29, 1.82) is 0 Å². The monoisotopic (exact) mass is 479 g/mol. The summed E-state index contributed by atoms with van der Waals surface area (Å²) < 4.78 is 32.2. The van der Waals surface area contributed by atoms with E-state index in [-0.39, 0.29) is 10.8 Å². The van der Waals surface area contributed by atoms with E-state index in [4.69, 9.17) is 4.74 Å². The van der Waals surface area contributed by atoms with Gasteiger partial charge < -0.3 is 15.0 Å². The standard InChI is InChI=1S/C26H29N3O4S/c1-28(2)34(31,32)25-15-22(26(30)29-13-12-20-6-4-5-7-21(20)18-29)14-23(16-25)27-17-19-8-10-24(33-3)11-9-19/h4-11,14-16,27H,12-13,17-18H2,1-3H3. The second-order valence-corrected chi connectivity index (χ2v) is 10.6. The lowest BCUT2D eigenvalue weighted by molar-refractivity contribution is 0.0734. The van der Waals surface area contributed by atoms with Gasteiger partial charge in [0.05, 0.1) is 12.0 Å². The normalized spacial score (nSPS) is 13.5. The molecule has 0 aromatic heterocycles. The van der Waals surface area contributed by atoms with Crippen LogP contribution in [0, 0.1) is 0 Å². The molecule has 3 aromatic rings. The van der Waals surface area contributed by atoms with Gasteiger partial charge in [-0.1, -0.05) is 36.4 Å². The van der Waals surface area contributed by atoms with Gasteiger partial charge in [-0.25, -0.2) is 12.7 Å². The maximum atomic E-state index is 13.4. The van der Waals surface area contributed by atoms with Crippen molar-refractivity contribution in [2.75, 3.05) is 33.1 Å². The molecule has 3 aromatic carbocycles. The van der Waals surface area contributed by atoms with Crippen LogP contribution in [0.4, 0.5) is 5.69 Å². The summed E-state index contributed by atoms with van der Waals surface area (Å²) in [7, 11) is 0.858. The zero-order valence-corrected chi connectivity index (χ0v) is 20.4. The van der Waals surface area contributed by atoms with Gasteiger partial charge >= 0.3 is 0 Å². The van der Waals surface area contributed by atoms with Gasteiger partial charge in [0.15, 0.2) is 0 Å². The second-order valence-electron chi connectivity index (χ2n) is 8.48. The maximum absolute atomic E-state index is 13.4. The highest BCUT2D eigenvalue weighted by molar-refractivity contribution is 7.89. The number of hydrogen-bond acceptors (Lipinski definition) is 5. The summed E-state index contributed by atoms with van der Waals surface area (Å²) in [6, 6.07) is 20.5. The molecule has 0 bridgehead atoms. The molecule has 0 fully saturated rings. The molecule has 0 saturated carbocycles. The number of fused-ring (bicyclic) bond motifs is 1. The molecule has 4 rings (SSSR count). The van der Waals surface area contributed by atoms with Crippen molar-refractivity contribution in [3.8, 4) is 5.75 Å². The number of hydrogen-bond donors (Lipinski definition) is 1. The van der Waals surface area contributed by atoms with Crippen LogP contribution in [0.5, 0.6) is 5.75 Å². The van der Waals surface area contributed by atoms with Crippen LogP contribution in [-0.4, -0.2) is 51.3 Å². The molecule has 0 aliphatic carbocycles. The molecule has 0 atom stereocenters. The van der Waals surface area contributed by atoms with Gasteiger partial charge in [-0.3, -0.25) is 4.79 Å². The van der Waals surface area contributed by atoms with Crippen LogP contribution in [0.1, 0.15) is 27.0 Å². The lowest BCUT2D eigenvalue weighted by Gasteiger charge is -2.29. The minimum Gasteiger partial charge on any atom is -0.497 e. The molecule has 0 radical (unpaired) electrons. The lowest BCUT2D eigenvalue weighted by atomic mass is 9.99. The van der Waals surface area contributed by atoms with Crippen LogP contribution < -0.4 is 10.1 Å². The van der Waals surface area contributed by atoms with E-state index in [1.807, 2.05) is 42.5 Å². The van der Waals surface area contributed by atoms with E-state index in [0.29, 0.717) is 30.9 Å². The number of nitrogens with zero attached hydrogens (tertiary/aromatic N) is 2. The molecular weight excluding hydrogens is 450 g/mol. The number of ether oxygens (including phenoxy) is 1. The Bertz CT molecular complexity index is 1290. The van der Waals surface area contributed by atoms with E-state index in [1.54, 1.807) is 24.1 Å². The highest BCUT2D eigenvalue weighted by Gasteiger charge is 2.25. The van der Waals surface area contributed by atoms with Crippen LogP contribution in [-0.2, 0) is 29.5 Å². The third-order valence-corrected chi connectivity index (χ3v) is 7.80. The Morgan fingerprint density at radius 3 is 2.41 bits per heavy atom. The summed E-state index contributed by atoms with van der Waals surface area (Å²) in [5.41, 5.74) is 4.29. The van der Waals surface area contributed by atoms with Crippen LogP contribution in [0.2, 0.25) is 0 Å². The third-order valence-electron chi connectivity index (χ3n) is 6.01. The first-order valence-corrected chi connectivity index (χ1v) is 12.5. The molecule has 1 aliphatic rings. The van der Waals surface area contributed by atoms with E-state index < -0.39 is 10.0 Å². The highest BCUT2D eigenvalue weighted by Crippen LogP contribution is 2.25. The summed E-state index contributed by atoms with van der Waals surface area (Å²) >= 11 is 0. The minimum atomic E-state index is -3.72. The summed E-state index contributed by atoms with van der Waals surface area (Å²) in [5.74, 6) is 0.580. The van der Waals surface area contributed by atoms with E-state index in [0.717, 1.165) is 27.6 Å². The fraction of sp³-hybridized carbons (Fsp3) is 0.269. The lowest BCUT2D eigenvalue weighted by Crippen LogP contribution is -2.36. The van der Waals surface area contributed by atoms with Gasteiger partial charge in [-0.05, 0) is 53.4 Å². The van der Waals surface area contributed by atoms with Crippen LogP contribution >= 0.6 is 0 Å². The summed E-state index contributed by atoms with van der Waals surface area (Å²) in [5, 5.41) is 3.27. The minimum absolute atomic E-state index is 0.0815. The molecule has 1 heterocycles. The Labute approximate surface area is 201 Å². The van der Waals surface area contributed by atoms with Crippen LogP contribution in [0.3, 0.4) is 0 Å². The van der Waals surface area contributed by atoms with Gasteiger partial charge in [-0.15, -0.1) is 0 Å². The highest BCUT2D eigenvalue weighted by atomic mass is 32.2. The number of rotatable bonds is 7. The predicted octanol–water partition coefficient (Wildman–Crippen LogP) is 3.76. The Morgan fingerprint density at radius 1 is 1.03 bits per heavy atom. The number of sulfonamides is 1. The molecule has 0 saturated heterocycles. The average molecular weight is 480 g/mol. The predicted molar refractivity (Wildman–Crippen MR) is 133 cm³/mol. The van der Waals surface area contributed by atoms with Crippen molar-refractivity contribution in [2.45, 2.75) is 24.4 Å². The van der Waals surface area contributed by atoms with Crippen molar-refractivity contribution >= 4 is 21.6 Å². The quantitative estimate of drug-likeness (QED) is 0.558. The summed E-state index contributed by atoms with van der Waals surface area (Å²) in [6.07, 6.45) is 0.778. The van der Waals surface area contributed by atoms with Crippen LogP contribution in [0.15, 0.2) is 71.6 Å². The van der Waals surface area contributed by atoms with E-state index in [9.17, 15) is 13.2 Å². The Balaban J connectivity index is 1.62. The molecule has 0 spiro atoms. The fourth-order valence-electron chi connectivity index (χ4n) is 3.98. The summed E-state index contributed by atoms with van der Waals surface area (Å²) in [6.45, 7) is 1.57. The third kappa shape index (κ3) is 5.08. The van der Waals surface area contributed by atoms with Gasteiger partial charge in [0.1, 0.15) is 5.75 Å². The van der Waals surface area contributed by atoms with Crippen LogP contribution in [0.25, 0.3) is 0 Å². The molecule has 1 amide bonds. The van der Waals surface area contributed by atoms with E-state index in [2.05, 4.69) is 11.4 Å². The van der Waals surface area contributed by atoms with Crippen molar-refractivity contribution in [3.63, 3.8) is 0 Å². The van der Waals surface area contributed by atoms with Gasteiger partial charge in [0.2, 0.25) is 10.0 Å². The molecule has 1 aliphatic heterocycles. The SMILES string of the molecule is COc1ccc(CNc2cc(C(=O)N3CCc4ccccc4C3)cc(S(=O)(=O)N(C)C)c2)cc1. The molecule has 34 heavy (non-hydrogen) atoms. The number of anilines is 1. The topological polar surface area (TPSA) is 79.0 Å². The van der Waals surface area contributed by atoms with Crippen molar-refractivity contribution in [2.24, 2.45) is 0 Å². The molecule has 8 heteroatoms. The van der Waals surface area contributed by atoms with Crippen molar-refractivity contribution in [3.05, 3.63) is 89.0 Å². The molecular formula is C26H29N3O4S. The number of benzene rings is 3. The zero-order chi connectivity index (χ0) is 24.3. The smallest absolute Gasteiger partial charge is 0.254 e. The first kappa shape index (κ1) is 23.8. The first-order valence-electron chi connectivity index (χ1n) is 11.1. The average Bonchev–Trinajstić information content (AvgIpc) is 2.86. The first-order chi connectivity index (χ1) is 16.3. The molecule has 178 valence electrons. The molecule has 7 nitrogen and oxygen atoms in total. The number of amides is 1. The van der Waals surface area contributed by atoms with Crippen molar-refractivity contribution < 1.29 is 17.9 Å². The maximum Gasteiger partial charge on any atom is 0.254 e.